The maximum atomic E-state index is 10.8. The van der Waals surface area contributed by atoms with Crippen LogP contribution < -0.4 is 15.9 Å². The van der Waals surface area contributed by atoms with Gasteiger partial charge in [0.25, 0.3) is 0 Å². The molecule has 0 aromatic carbocycles. The first-order valence-corrected chi connectivity index (χ1v) is 4.54. The second-order valence-corrected chi connectivity index (χ2v) is 3.54. The molecule has 1 aromatic rings. The summed E-state index contributed by atoms with van der Waals surface area (Å²) < 4.78 is 0.767. The van der Waals surface area contributed by atoms with E-state index in [0.29, 0.717) is 11.8 Å². The fraction of sp³-hybridized carbons (Fsp3) is 0.125. The highest BCUT2D eigenvalue weighted by Gasteiger charge is 2.13. The first-order chi connectivity index (χ1) is 6.20. The lowest BCUT2D eigenvalue weighted by Gasteiger charge is -2.07. The number of nitrogens with one attached hydrogen (secondary N) is 2. The molecule has 2 rings (SSSR count). The van der Waals surface area contributed by atoms with E-state index >= 15 is 0 Å². The topological polar surface area (TPSA) is 65.1 Å². The Balaban J connectivity index is 2.88. The van der Waals surface area contributed by atoms with Gasteiger partial charge in [-0.25, -0.2) is 4.79 Å². The van der Waals surface area contributed by atoms with Gasteiger partial charge in [0.2, 0.25) is 0 Å². The quantitative estimate of drug-likeness (QED) is 0.614. The van der Waals surface area contributed by atoms with E-state index in [0.717, 1.165) is 9.82 Å². The van der Waals surface area contributed by atoms with Crippen LogP contribution in [0.3, 0.4) is 0 Å². The van der Waals surface area contributed by atoms with Crippen LogP contribution in [0.25, 0.3) is 11.8 Å². The number of H-pyrrole nitrogens is 1. The fourth-order valence-electron chi connectivity index (χ4n) is 1.36. The SMILES string of the molecule is O=C(O)C1=c2c(Br)c[nH]c2=CCN1. The number of aromatic nitrogens is 1. The summed E-state index contributed by atoms with van der Waals surface area (Å²) in [5.74, 6) is -0.936. The zero-order valence-corrected chi connectivity index (χ0v) is 8.18. The normalized spacial score (nSPS) is 14.4. The Bertz CT molecular complexity index is 475. The number of carbonyl (C=O) groups is 1. The molecule has 5 heteroatoms. The van der Waals surface area contributed by atoms with Crippen molar-refractivity contribution < 1.29 is 9.90 Å². The van der Waals surface area contributed by atoms with Crippen molar-refractivity contribution in [3.05, 3.63) is 21.2 Å². The third-order valence-corrected chi connectivity index (χ3v) is 2.54. The molecule has 0 saturated carbocycles. The van der Waals surface area contributed by atoms with Gasteiger partial charge in [0.15, 0.2) is 0 Å². The number of carboxylic acid groups (broad SMARTS) is 1. The first-order valence-electron chi connectivity index (χ1n) is 3.74. The van der Waals surface area contributed by atoms with Crippen LogP contribution >= 0.6 is 15.9 Å². The molecule has 0 unspecified atom stereocenters. The molecule has 0 aliphatic carbocycles. The third-order valence-electron chi connectivity index (χ3n) is 1.91. The van der Waals surface area contributed by atoms with Gasteiger partial charge in [0, 0.05) is 27.8 Å². The molecule has 13 heavy (non-hydrogen) atoms. The number of hydrogen-bond acceptors (Lipinski definition) is 2. The molecular formula is C8H7BrN2O2. The summed E-state index contributed by atoms with van der Waals surface area (Å²) in [6, 6.07) is 0. The number of hydrogen-bond donors (Lipinski definition) is 3. The number of fused-ring (bicyclic) bond motifs is 1. The van der Waals surface area contributed by atoms with Crippen molar-refractivity contribution in [1.82, 2.24) is 10.3 Å². The van der Waals surface area contributed by atoms with Crippen molar-refractivity contribution in [3.8, 4) is 0 Å². The molecule has 0 bridgehead atoms. The molecule has 0 saturated heterocycles. The van der Waals surface area contributed by atoms with E-state index in [1.807, 2.05) is 6.08 Å². The van der Waals surface area contributed by atoms with Gasteiger partial charge in [-0.05, 0) is 22.0 Å². The summed E-state index contributed by atoms with van der Waals surface area (Å²) in [7, 11) is 0. The molecule has 1 aromatic heterocycles. The van der Waals surface area contributed by atoms with E-state index in [1.165, 1.54) is 0 Å². The zero-order chi connectivity index (χ0) is 9.42. The third kappa shape index (κ3) is 1.25. The first kappa shape index (κ1) is 8.37. The molecule has 3 N–H and O–H groups in total. The Morgan fingerprint density at radius 2 is 2.38 bits per heavy atom. The Labute approximate surface area is 82.1 Å². The van der Waals surface area contributed by atoms with Crippen LogP contribution in [0, 0.1) is 0 Å². The fourth-order valence-corrected chi connectivity index (χ4v) is 1.88. The Morgan fingerprint density at radius 1 is 1.62 bits per heavy atom. The van der Waals surface area contributed by atoms with E-state index in [-0.39, 0.29) is 5.70 Å². The van der Waals surface area contributed by atoms with E-state index < -0.39 is 5.97 Å². The number of rotatable bonds is 1. The highest BCUT2D eigenvalue weighted by atomic mass is 79.9. The van der Waals surface area contributed by atoms with E-state index in [1.54, 1.807) is 6.20 Å². The number of halogens is 1. The van der Waals surface area contributed by atoms with Gasteiger partial charge >= 0.3 is 5.97 Å². The van der Waals surface area contributed by atoms with Gasteiger partial charge in [0.05, 0.1) is 0 Å². The highest BCUT2D eigenvalue weighted by Crippen LogP contribution is 2.01. The predicted octanol–water partition coefficient (Wildman–Crippen LogP) is -0.646. The molecule has 4 nitrogen and oxygen atoms in total. The highest BCUT2D eigenvalue weighted by molar-refractivity contribution is 9.10. The molecule has 68 valence electrons. The predicted molar refractivity (Wildman–Crippen MR) is 51.3 cm³/mol. The molecule has 0 radical (unpaired) electrons. The van der Waals surface area contributed by atoms with Crippen LogP contribution in [-0.4, -0.2) is 22.6 Å². The second-order valence-electron chi connectivity index (χ2n) is 2.69. The van der Waals surface area contributed by atoms with Gasteiger partial charge in [-0.2, -0.15) is 0 Å². The summed E-state index contributed by atoms with van der Waals surface area (Å²) in [5.41, 5.74) is 0.241. The zero-order valence-electron chi connectivity index (χ0n) is 6.60. The minimum absolute atomic E-state index is 0.241. The van der Waals surface area contributed by atoms with E-state index in [9.17, 15) is 4.79 Å². The lowest BCUT2D eigenvalue weighted by atomic mass is 10.2. The van der Waals surface area contributed by atoms with Gasteiger partial charge in [0.1, 0.15) is 5.70 Å². The van der Waals surface area contributed by atoms with Gasteiger partial charge in [-0.1, -0.05) is 0 Å². The Morgan fingerprint density at radius 3 is 3.08 bits per heavy atom. The maximum absolute atomic E-state index is 10.8. The van der Waals surface area contributed by atoms with Crippen LogP contribution in [0.4, 0.5) is 0 Å². The average Bonchev–Trinajstić information content (AvgIpc) is 2.48. The van der Waals surface area contributed by atoms with Gasteiger partial charge < -0.3 is 15.4 Å². The minimum atomic E-state index is -0.936. The number of aliphatic carboxylic acids is 1. The Kier molecular flexibility index (Phi) is 1.88. The smallest absolute Gasteiger partial charge is 0.352 e. The molecule has 0 amide bonds. The molecule has 0 spiro atoms. The standard InChI is InChI=1S/C8H7BrN2O2/c9-4-3-11-5-1-2-10-7(6(4)5)8(12)13/h1,3,10-11H,2H2,(H,12,13). The van der Waals surface area contributed by atoms with Crippen molar-refractivity contribution in [2.45, 2.75) is 0 Å². The van der Waals surface area contributed by atoms with Crippen molar-refractivity contribution in [2.24, 2.45) is 0 Å². The Hall–Kier alpha value is -1.23. The monoisotopic (exact) mass is 242 g/mol. The molecule has 1 aliphatic heterocycles. The van der Waals surface area contributed by atoms with Crippen molar-refractivity contribution >= 4 is 33.7 Å². The lowest BCUT2D eigenvalue weighted by molar-refractivity contribution is -0.130. The van der Waals surface area contributed by atoms with Crippen LogP contribution in [-0.2, 0) is 4.79 Å². The molecular weight excluding hydrogens is 236 g/mol. The molecule has 0 atom stereocenters. The van der Waals surface area contributed by atoms with Crippen molar-refractivity contribution in [3.63, 3.8) is 0 Å². The summed E-state index contributed by atoms with van der Waals surface area (Å²) >= 11 is 3.29. The van der Waals surface area contributed by atoms with Crippen molar-refractivity contribution in [2.75, 3.05) is 6.54 Å². The summed E-state index contributed by atoms with van der Waals surface area (Å²) in [6.45, 7) is 0.543. The number of carboxylic acids is 1. The summed E-state index contributed by atoms with van der Waals surface area (Å²) in [5, 5.41) is 13.2. The minimum Gasteiger partial charge on any atom is -0.477 e. The largest absolute Gasteiger partial charge is 0.477 e. The summed E-state index contributed by atoms with van der Waals surface area (Å²) in [4.78, 5) is 13.8. The second kappa shape index (κ2) is 2.92. The van der Waals surface area contributed by atoms with E-state index in [2.05, 4.69) is 26.2 Å². The van der Waals surface area contributed by atoms with Gasteiger partial charge in [-0.15, -0.1) is 0 Å². The maximum Gasteiger partial charge on any atom is 0.352 e. The molecule has 2 heterocycles. The average molecular weight is 243 g/mol. The summed E-state index contributed by atoms with van der Waals surface area (Å²) in [6.07, 6.45) is 3.64. The van der Waals surface area contributed by atoms with Crippen LogP contribution in [0.2, 0.25) is 0 Å². The molecule has 0 fully saturated rings. The van der Waals surface area contributed by atoms with E-state index in [4.69, 9.17) is 5.11 Å². The lowest BCUT2D eigenvalue weighted by Crippen LogP contribution is -2.39. The van der Waals surface area contributed by atoms with Crippen LogP contribution in [0.1, 0.15) is 0 Å². The van der Waals surface area contributed by atoms with Crippen LogP contribution in [0.15, 0.2) is 10.7 Å². The van der Waals surface area contributed by atoms with Crippen LogP contribution in [0.5, 0.6) is 0 Å². The number of aromatic amines is 1. The van der Waals surface area contributed by atoms with Gasteiger partial charge in [-0.3, -0.25) is 0 Å². The van der Waals surface area contributed by atoms with Crippen molar-refractivity contribution in [1.29, 1.82) is 0 Å². The molecule has 1 aliphatic rings.